The number of carboxylic acid groups (broad SMARTS) is 1. The number of methoxy groups -OCH3 is 1. The van der Waals surface area contributed by atoms with Gasteiger partial charge in [0, 0.05) is 0 Å². The minimum atomic E-state index is -1.13. The zero-order valence-electron chi connectivity index (χ0n) is 7.87. The molecule has 0 aliphatic carbocycles. The van der Waals surface area contributed by atoms with Crippen molar-refractivity contribution in [1.29, 1.82) is 5.26 Å². The van der Waals surface area contributed by atoms with Crippen molar-refractivity contribution < 1.29 is 14.6 Å². The van der Waals surface area contributed by atoms with Crippen molar-refractivity contribution in [2.24, 2.45) is 0 Å². The van der Waals surface area contributed by atoms with Crippen LogP contribution in [0.5, 0.6) is 5.75 Å². The van der Waals surface area contributed by atoms with Gasteiger partial charge in [-0.25, -0.2) is 4.79 Å². The van der Waals surface area contributed by atoms with Crippen molar-refractivity contribution in [3.05, 3.63) is 28.8 Å². The van der Waals surface area contributed by atoms with E-state index in [1.807, 2.05) is 6.07 Å². The van der Waals surface area contributed by atoms with Crippen LogP contribution in [0, 0.1) is 18.3 Å². The van der Waals surface area contributed by atoms with E-state index in [1.165, 1.54) is 19.2 Å². The zero-order chi connectivity index (χ0) is 10.7. The maximum absolute atomic E-state index is 10.8. The fraction of sp³-hybridized carbons (Fsp3) is 0.200. The molecule has 0 saturated heterocycles. The quantitative estimate of drug-likeness (QED) is 0.770. The normalized spacial score (nSPS) is 9.21. The molecule has 1 aromatic carbocycles. The van der Waals surface area contributed by atoms with E-state index in [9.17, 15) is 4.79 Å². The van der Waals surface area contributed by atoms with Gasteiger partial charge < -0.3 is 9.84 Å². The lowest BCUT2D eigenvalue weighted by Crippen LogP contribution is -2.02. The number of nitrogens with zero attached hydrogens (tertiary/aromatic N) is 1. The van der Waals surface area contributed by atoms with Crippen LogP contribution in [0.2, 0.25) is 0 Å². The van der Waals surface area contributed by atoms with Crippen LogP contribution in [0.25, 0.3) is 0 Å². The van der Waals surface area contributed by atoms with E-state index in [0.717, 1.165) is 5.56 Å². The maximum Gasteiger partial charge on any atom is 0.337 e. The molecular weight excluding hydrogens is 182 g/mol. The smallest absolute Gasteiger partial charge is 0.337 e. The maximum atomic E-state index is 10.8. The van der Waals surface area contributed by atoms with Gasteiger partial charge in [0.05, 0.1) is 18.2 Å². The van der Waals surface area contributed by atoms with E-state index in [1.54, 1.807) is 6.92 Å². The van der Waals surface area contributed by atoms with Crippen LogP contribution in [0.3, 0.4) is 0 Å². The van der Waals surface area contributed by atoms with Crippen LogP contribution in [-0.2, 0) is 0 Å². The van der Waals surface area contributed by atoms with Crippen LogP contribution in [0.4, 0.5) is 0 Å². The fourth-order valence-electron chi connectivity index (χ4n) is 1.18. The van der Waals surface area contributed by atoms with E-state index < -0.39 is 5.97 Å². The predicted molar refractivity (Wildman–Crippen MR) is 49.4 cm³/mol. The summed E-state index contributed by atoms with van der Waals surface area (Å²) in [5.74, 6) is -0.652. The van der Waals surface area contributed by atoms with Gasteiger partial charge >= 0.3 is 5.97 Å². The molecule has 1 N–H and O–H groups in total. The summed E-state index contributed by atoms with van der Waals surface area (Å²) in [6.45, 7) is 1.76. The Balaban J connectivity index is 3.42. The Morgan fingerprint density at radius 2 is 2.21 bits per heavy atom. The van der Waals surface area contributed by atoms with E-state index >= 15 is 0 Å². The molecule has 0 aromatic heterocycles. The second-order valence-corrected chi connectivity index (χ2v) is 2.78. The van der Waals surface area contributed by atoms with E-state index in [-0.39, 0.29) is 11.1 Å². The number of carboxylic acids is 1. The van der Waals surface area contributed by atoms with Gasteiger partial charge in [0.2, 0.25) is 0 Å². The number of ether oxygens (including phenoxy) is 1. The third kappa shape index (κ3) is 1.67. The topological polar surface area (TPSA) is 70.3 Å². The molecule has 0 radical (unpaired) electrons. The highest BCUT2D eigenvalue weighted by Gasteiger charge is 2.13. The number of nitriles is 1. The van der Waals surface area contributed by atoms with Crippen molar-refractivity contribution in [3.63, 3.8) is 0 Å². The predicted octanol–water partition coefficient (Wildman–Crippen LogP) is 1.57. The molecule has 0 amide bonds. The second-order valence-electron chi connectivity index (χ2n) is 2.78. The lowest BCUT2D eigenvalue weighted by atomic mass is 10.0. The lowest BCUT2D eigenvalue weighted by molar-refractivity contribution is 0.0696. The van der Waals surface area contributed by atoms with Gasteiger partial charge in [-0.3, -0.25) is 0 Å². The Hall–Kier alpha value is -2.02. The molecule has 0 atom stereocenters. The summed E-state index contributed by atoms with van der Waals surface area (Å²) < 4.78 is 4.96. The molecule has 0 fully saturated rings. The molecule has 1 rings (SSSR count). The Morgan fingerprint density at radius 3 is 2.64 bits per heavy atom. The highest BCUT2D eigenvalue weighted by Crippen LogP contribution is 2.22. The van der Waals surface area contributed by atoms with Gasteiger partial charge in [-0.2, -0.15) is 5.26 Å². The van der Waals surface area contributed by atoms with Gasteiger partial charge in [0.25, 0.3) is 0 Å². The average molecular weight is 191 g/mol. The largest absolute Gasteiger partial charge is 0.496 e. The van der Waals surface area contributed by atoms with E-state index in [0.29, 0.717) is 5.75 Å². The van der Waals surface area contributed by atoms with Crippen molar-refractivity contribution in [3.8, 4) is 11.8 Å². The van der Waals surface area contributed by atoms with Gasteiger partial charge in [-0.15, -0.1) is 0 Å². The molecule has 0 aliphatic rings. The number of hydrogen-bond acceptors (Lipinski definition) is 3. The molecular formula is C10H9NO3. The number of benzene rings is 1. The van der Waals surface area contributed by atoms with Crippen LogP contribution in [-0.4, -0.2) is 18.2 Å². The van der Waals surface area contributed by atoms with Gasteiger partial charge in [0.1, 0.15) is 11.8 Å². The number of carbonyl (C=O) groups is 1. The summed E-state index contributed by atoms with van der Waals surface area (Å²) in [4.78, 5) is 10.8. The summed E-state index contributed by atoms with van der Waals surface area (Å²) in [7, 11) is 1.46. The standard InChI is InChI=1S/C10H9NO3/c1-6-3-7(5-11)8(10(12)13)4-9(6)14-2/h3-4H,1-2H3,(H,12,13). The Labute approximate surface area is 81.4 Å². The first-order valence-electron chi connectivity index (χ1n) is 3.92. The molecule has 0 heterocycles. The Morgan fingerprint density at radius 1 is 1.57 bits per heavy atom. The van der Waals surface area contributed by atoms with Crippen molar-refractivity contribution in [1.82, 2.24) is 0 Å². The van der Waals surface area contributed by atoms with Crippen LogP contribution in [0.1, 0.15) is 21.5 Å². The summed E-state index contributed by atoms with van der Waals surface area (Å²) in [6, 6.07) is 4.69. The molecule has 0 spiro atoms. The second kappa shape index (κ2) is 3.79. The first-order chi connectivity index (χ1) is 6.60. The lowest BCUT2D eigenvalue weighted by Gasteiger charge is -2.06. The molecule has 1 aromatic rings. The number of rotatable bonds is 2. The first kappa shape index (κ1) is 10.1. The number of aromatic carboxylic acids is 1. The number of aryl methyl sites for hydroxylation is 1. The molecule has 0 saturated carbocycles. The third-order valence-corrected chi connectivity index (χ3v) is 1.89. The molecule has 0 aliphatic heterocycles. The minimum Gasteiger partial charge on any atom is -0.496 e. The van der Waals surface area contributed by atoms with Crippen molar-refractivity contribution >= 4 is 5.97 Å². The molecule has 72 valence electrons. The van der Waals surface area contributed by atoms with Gasteiger partial charge in [0.15, 0.2) is 0 Å². The first-order valence-corrected chi connectivity index (χ1v) is 3.92. The van der Waals surface area contributed by atoms with Gasteiger partial charge in [-0.05, 0) is 24.6 Å². The molecule has 4 heteroatoms. The Kier molecular flexibility index (Phi) is 2.73. The van der Waals surface area contributed by atoms with Crippen LogP contribution >= 0.6 is 0 Å². The monoisotopic (exact) mass is 191 g/mol. The summed E-state index contributed by atoms with van der Waals surface area (Å²) >= 11 is 0. The zero-order valence-corrected chi connectivity index (χ0v) is 7.87. The summed E-state index contributed by atoms with van der Waals surface area (Å²) in [5.41, 5.74) is 0.861. The van der Waals surface area contributed by atoms with Crippen LogP contribution in [0.15, 0.2) is 12.1 Å². The fourth-order valence-corrected chi connectivity index (χ4v) is 1.18. The highest BCUT2D eigenvalue weighted by molar-refractivity contribution is 5.91. The van der Waals surface area contributed by atoms with E-state index in [2.05, 4.69) is 0 Å². The van der Waals surface area contributed by atoms with E-state index in [4.69, 9.17) is 15.1 Å². The summed E-state index contributed by atoms with van der Waals surface area (Å²) in [6.07, 6.45) is 0. The highest BCUT2D eigenvalue weighted by atomic mass is 16.5. The minimum absolute atomic E-state index is 0.0325. The Bertz CT molecular complexity index is 418. The summed E-state index contributed by atoms with van der Waals surface area (Å²) in [5, 5.41) is 17.5. The SMILES string of the molecule is COc1cc(C(=O)O)c(C#N)cc1C. The van der Waals surface area contributed by atoms with Crippen LogP contribution < -0.4 is 4.74 Å². The average Bonchev–Trinajstić information content (AvgIpc) is 2.16. The molecule has 0 unspecified atom stereocenters. The molecule has 0 bridgehead atoms. The van der Waals surface area contributed by atoms with Gasteiger partial charge in [-0.1, -0.05) is 0 Å². The third-order valence-electron chi connectivity index (χ3n) is 1.89. The molecule has 14 heavy (non-hydrogen) atoms. The molecule has 4 nitrogen and oxygen atoms in total. The van der Waals surface area contributed by atoms with Crippen molar-refractivity contribution in [2.75, 3.05) is 7.11 Å². The number of hydrogen-bond donors (Lipinski definition) is 1. The van der Waals surface area contributed by atoms with Crippen molar-refractivity contribution in [2.45, 2.75) is 6.92 Å².